The van der Waals surface area contributed by atoms with E-state index in [0.717, 1.165) is 10.9 Å². The Morgan fingerprint density at radius 1 is 1.38 bits per heavy atom. The third kappa shape index (κ3) is 2.98. The fourth-order valence-corrected chi connectivity index (χ4v) is 3.79. The van der Waals surface area contributed by atoms with Crippen LogP contribution in [0, 0.1) is 0 Å². The van der Waals surface area contributed by atoms with Gasteiger partial charge in [0, 0.05) is 17.5 Å². The normalized spacial score (nSPS) is 20.9. The van der Waals surface area contributed by atoms with Crippen LogP contribution in [0.15, 0.2) is 24.4 Å². The lowest BCUT2D eigenvalue weighted by atomic mass is 10.2. The van der Waals surface area contributed by atoms with Gasteiger partial charge in [0.2, 0.25) is 0 Å². The van der Waals surface area contributed by atoms with E-state index in [1.807, 2.05) is 30.1 Å². The summed E-state index contributed by atoms with van der Waals surface area (Å²) in [6.45, 7) is 2.08. The van der Waals surface area contributed by atoms with Gasteiger partial charge in [0.05, 0.1) is 10.9 Å². The van der Waals surface area contributed by atoms with E-state index in [0.29, 0.717) is 5.25 Å². The van der Waals surface area contributed by atoms with Crippen LogP contribution in [0.4, 0.5) is 0 Å². The first-order valence-corrected chi connectivity index (χ1v) is 7.03. The van der Waals surface area contributed by atoms with Gasteiger partial charge in [0.25, 0.3) is 0 Å². The predicted molar refractivity (Wildman–Crippen MR) is 70.5 cm³/mol. The molecular formula is C13H20N2S. The van der Waals surface area contributed by atoms with Gasteiger partial charge in [-0.1, -0.05) is 18.9 Å². The molecule has 1 fully saturated rings. The van der Waals surface area contributed by atoms with Gasteiger partial charge in [0.15, 0.2) is 0 Å². The molecule has 1 aliphatic rings. The highest BCUT2D eigenvalue weighted by Gasteiger charge is 2.24. The smallest absolute Gasteiger partial charge is 0.0621 e. The van der Waals surface area contributed by atoms with E-state index in [4.69, 9.17) is 5.73 Å². The second kappa shape index (κ2) is 5.69. The standard InChI is InChI=1S/C13H20N2S/c1-10(14)13(12-8-4-5-9-15-12)16-11-6-2-3-7-11/h4-5,8-11,13H,2-3,6-7,14H2,1H3. The van der Waals surface area contributed by atoms with Gasteiger partial charge in [-0.05, 0) is 31.9 Å². The predicted octanol–water partition coefficient (Wildman–Crippen LogP) is 3.15. The van der Waals surface area contributed by atoms with Crippen molar-refractivity contribution in [1.29, 1.82) is 0 Å². The van der Waals surface area contributed by atoms with Crippen LogP contribution in [-0.2, 0) is 0 Å². The Kier molecular flexibility index (Phi) is 4.24. The molecular weight excluding hydrogens is 216 g/mol. The van der Waals surface area contributed by atoms with Crippen LogP contribution in [-0.4, -0.2) is 16.3 Å². The Bertz CT molecular complexity index is 307. The minimum absolute atomic E-state index is 0.167. The summed E-state index contributed by atoms with van der Waals surface area (Å²) in [5.74, 6) is 0. The van der Waals surface area contributed by atoms with Crippen LogP contribution in [0.1, 0.15) is 43.6 Å². The van der Waals surface area contributed by atoms with Gasteiger partial charge in [-0.2, -0.15) is 0 Å². The Balaban J connectivity index is 2.05. The number of nitrogens with two attached hydrogens (primary N) is 1. The topological polar surface area (TPSA) is 38.9 Å². The van der Waals surface area contributed by atoms with Crippen LogP contribution < -0.4 is 5.73 Å². The third-order valence-electron chi connectivity index (χ3n) is 3.10. The number of nitrogens with zero attached hydrogens (tertiary/aromatic N) is 1. The van der Waals surface area contributed by atoms with E-state index < -0.39 is 0 Å². The first-order chi connectivity index (χ1) is 7.77. The fraction of sp³-hybridized carbons (Fsp3) is 0.615. The van der Waals surface area contributed by atoms with Crippen molar-refractivity contribution in [2.45, 2.75) is 49.1 Å². The summed E-state index contributed by atoms with van der Waals surface area (Å²) in [6.07, 6.45) is 7.32. The molecule has 2 atom stereocenters. The molecule has 0 aliphatic heterocycles. The minimum Gasteiger partial charge on any atom is -0.327 e. The zero-order valence-electron chi connectivity index (χ0n) is 9.80. The molecule has 2 nitrogen and oxygen atoms in total. The van der Waals surface area contributed by atoms with Crippen molar-refractivity contribution in [2.75, 3.05) is 0 Å². The van der Waals surface area contributed by atoms with Gasteiger partial charge in [-0.3, -0.25) is 4.98 Å². The third-order valence-corrected chi connectivity index (χ3v) is 4.92. The fourth-order valence-electron chi connectivity index (χ4n) is 2.24. The number of hydrogen-bond donors (Lipinski definition) is 1. The van der Waals surface area contributed by atoms with Crippen molar-refractivity contribution in [1.82, 2.24) is 4.98 Å². The second-order valence-corrected chi connectivity index (χ2v) is 6.02. The van der Waals surface area contributed by atoms with E-state index in [9.17, 15) is 0 Å². The molecule has 1 saturated carbocycles. The number of rotatable bonds is 4. The second-order valence-electron chi connectivity index (χ2n) is 4.58. The lowest BCUT2D eigenvalue weighted by Gasteiger charge is -2.23. The first kappa shape index (κ1) is 11.9. The van der Waals surface area contributed by atoms with Crippen molar-refractivity contribution < 1.29 is 0 Å². The molecule has 2 unspecified atom stereocenters. The maximum atomic E-state index is 6.09. The van der Waals surface area contributed by atoms with Crippen LogP contribution in [0.5, 0.6) is 0 Å². The summed E-state index contributed by atoms with van der Waals surface area (Å²) in [5, 5.41) is 1.14. The quantitative estimate of drug-likeness (QED) is 0.873. The lowest BCUT2D eigenvalue weighted by molar-refractivity contribution is 0.699. The van der Waals surface area contributed by atoms with Crippen molar-refractivity contribution in [3.63, 3.8) is 0 Å². The maximum Gasteiger partial charge on any atom is 0.0621 e. The Morgan fingerprint density at radius 2 is 2.12 bits per heavy atom. The van der Waals surface area contributed by atoms with Crippen molar-refractivity contribution in [3.8, 4) is 0 Å². The van der Waals surface area contributed by atoms with E-state index >= 15 is 0 Å². The summed E-state index contributed by atoms with van der Waals surface area (Å²) >= 11 is 2.03. The molecule has 2 rings (SSSR count). The summed E-state index contributed by atoms with van der Waals surface area (Å²) in [4.78, 5) is 4.44. The summed E-state index contributed by atoms with van der Waals surface area (Å²) in [7, 11) is 0. The summed E-state index contributed by atoms with van der Waals surface area (Å²) in [6, 6.07) is 6.27. The largest absolute Gasteiger partial charge is 0.327 e. The number of aromatic nitrogens is 1. The highest BCUT2D eigenvalue weighted by molar-refractivity contribution is 8.00. The van der Waals surface area contributed by atoms with Crippen molar-refractivity contribution in [2.24, 2.45) is 5.73 Å². The van der Waals surface area contributed by atoms with Gasteiger partial charge in [-0.15, -0.1) is 11.8 Å². The molecule has 0 aromatic carbocycles. The molecule has 0 radical (unpaired) electrons. The number of pyridine rings is 1. The van der Waals surface area contributed by atoms with Crippen LogP contribution in [0.2, 0.25) is 0 Å². The zero-order valence-corrected chi connectivity index (χ0v) is 10.6. The van der Waals surface area contributed by atoms with Gasteiger partial charge >= 0.3 is 0 Å². The molecule has 2 N–H and O–H groups in total. The highest BCUT2D eigenvalue weighted by atomic mass is 32.2. The average Bonchev–Trinajstić information content (AvgIpc) is 2.79. The molecule has 1 aromatic heterocycles. The molecule has 0 spiro atoms. The van der Waals surface area contributed by atoms with Gasteiger partial charge in [-0.25, -0.2) is 0 Å². The SMILES string of the molecule is CC(N)C(SC1CCCC1)c1ccccn1. The van der Waals surface area contributed by atoms with E-state index in [2.05, 4.69) is 18.0 Å². The Hall–Kier alpha value is -0.540. The summed E-state index contributed by atoms with van der Waals surface area (Å²) < 4.78 is 0. The average molecular weight is 236 g/mol. The van der Waals surface area contributed by atoms with Gasteiger partial charge in [0.1, 0.15) is 0 Å². The maximum absolute atomic E-state index is 6.09. The molecule has 1 aromatic rings. The van der Waals surface area contributed by atoms with Crippen LogP contribution in [0.25, 0.3) is 0 Å². The zero-order chi connectivity index (χ0) is 11.4. The monoisotopic (exact) mass is 236 g/mol. The van der Waals surface area contributed by atoms with Gasteiger partial charge < -0.3 is 5.73 Å². The molecule has 0 bridgehead atoms. The minimum atomic E-state index is 0.167. The Labute approximate surface area is 102 Å². The van der Waals surface area contributed by atoms with Crippen molar-refractivity contribution >= 4 is 11.8 Å². The van der Waals surface area contributed by atoms with Crippen molar-refractivity contribution in [3.05, 3.63) is 30.1 Å². The summed E-state index contributed by atoms with van der Waals surface area (Å²) in [5.41, 5.74) is 7.22. The van der Waals surface area contributed by atoms with E-state index in [1.165, 1.54) is 25.7 Å². The number of hydrogen-bond acceptors (Lipinski definition) is 3. The molecule has 1 aliphatic carbocycles. The highest BCUT2D eigenvalue weighted by Crippen LogP contribution is 2.40. The van der Waals surface area contributed by atoms with Crippen LogP contribution >= 0.6 is 11.8 Å². The number of thioether (sulfide) groups is 1. The molecule has 3 heteroatoms. The van der Waals surface area contributed by atoms with E-state index in [-0.39, 0.29) is 6.04 Å². The Morgan fingerprint density at radius 3 is 2.69 bits per heavy atom. The first-order valence-electron chi connectivity index (χ1n) is 6.09. The molecule has 16 heavy (non-hydrogen) atoms. The molecule has 1 heterocycles. The lowest BCUT2D eigenvalue weighted by Crippen LogP contribution is -2.24. The molecule has 88 valence electrons. The van der Waals surface area contributed by atoms with E-state index in [1.54, 1.807) is 0 Å². The van der Waals surface area contributed by atoms with Crippen LogP contribution in [0.3, 0.4) is 0 Å². The molecule has 0 saturated heterocycles. The molecule has 0 amide bonds.